The lowest BCUT2D eigenvalue weighted by atomic mass is 10.1. The lowest BCUT2D eigenvalue weighted by Crippen LogP contribution is -2.02. The Morgan fingerprint density at radius 3 is 1.95 bits per heavy atom. The molecule has 20 heavy (non-hydrogen) atoms. The maximum atomic E-state index is 5.99. The van der Waals surface area contributed by atoms with Crippen molar-refractivity contribution in [2.24, 2.45) is 5.73 Å². The Hall–Kier alpha value is -1.80. The quantitative estimate of drug-likeness (QED) is 0.893. The predicted molar refractivity (Wildman–Crippen MR) is 84.0 cm³/mol. The number of hydrogen-bond acceptors (Lipinski definition) is 2. The van der Waals surface area contributed by atoms with Crippen LogP contribution in [0.25, 0.3) is 0 Å². The maximum Gasteiger partial charge on any atom is 0.125 e. The first-order valence-electron chi connectivity index (χ1n) is 7.14. The molecule has 2 rings (SSSR count). The standard InChI is InChI=1S/C18H23NO/c1-4-15-5-7-16(8-6-15)12-20-18-13(2)9-17(11-19)10-14(18)3/h5-10H,4,11-12,19H2,1-3H3. The molecule has 0 aliphatic heterocycles. The molecule has 2 nitrogen and oxygen atoms in total. The third-order valence-electron chi connectivity index (χ3n) is 3.57. The monoisotopic (exact) mass is 269 g/mol. The first-order valence-corrected chi connectivity index (χ1v) is 7.14. The van der Waals surface area contributed by atoms with Crippen molar-refractivity contribution in [3.63, 3.8) is 0 Å². The minimum atomic E-state index is 0.570. The highest BCUT2D eigenvalue weighted by Crippen LogP contribution is 2.25. The summed E-state index contributed by atoms with van der Waals surface area (Å²) in [4.78, 5) is 0. The Morgan fingerprint density at radius 1 is 0.900 bits per heavy atom. The van der Waals surface area contributed by atoms with Gasteiger partial charge < -0.3 is 10.5 Å². The van der Waals surface area contributed by atoms with Crippen LogP contribution in [0.2, 0.25) is 0 Å². The van der Waals surface area contributed by atoms with Gasteiger partial charge in [-0.2, -0.15) is 0 Å². The van der Waals surface area contributed by atoms with Gasteiger partial charge in [0, 0.05) is 6.54 Å². The molecule has 0 heterocycles. The van der Waals surface area contributed by atoms with E-state index in [0.29, 0.717) is 13.2 Å². The van der Waals surface area contributed by atoms with E-state index in [4.69, 9.17) is 10.5 Å². The van der Waals surface area contributed by atoms with E-state index in [1.807, 2.05) is 0 Å². The molecule has 0 spiro atoms. The molecule has 0 saturated carbocycles. The van der Waals surface area contributed by atoms with Gasteiger partial charge >= 0.3 is 0 Å². The van der Waals surface area contributed by atoms with Crippen LogP contribution in [0.1, 0.15) is 34.7 Å². The van der Waals surface area contributed by atoms with E-state index in [1.165, 1.54) is 11.1 Å². The Labute approximate surface area is 121 Å². The molecule has 0 fully saturated rings. The summed E-state index contributed by atoms with van der Waals surface area (Å²) in [7, 11) is 0. The number of nitrogens with two attached hydrogens (primary N) is 1. The third-order valence-corrected chi connectivity index (χ3v) is 3.57. The van der Waals surface area contributed by atoms with Crippen molar-refractivity contribution in [3.8, 4) is 5.75 Å². The Kier molecular flexibility index (Phi) is 4.80. The molecule has 2 heteroatoms. The lowest BCUT2D eigenvalue weighted by molar-refractivity contribution is 0.302. The summed E-state index contributed by atoms with van der Waals surface area (Å²) in [6, 6.07) is 12.8. The van der Waals surface area contributed by atoms with Gasteiger partial charge in [0.15, 0.2) is 0 Å². The van der Waals surface area contributed by atoms with Crippen molar-refractivity contribution in [3.05, 3.63) is 64.2 Å². The summed E-state index contributed by atoms with van der Waals surface area (Å²) >= 11 is 0. The SMILES string of the molecule is CCc1ccc(COc2c(C)cc(CN)cc2C)cc1. The van der Waals surface area contributed by atoms with Gasteiger partial charge in [-0.05, 0) is 48.1 Å². The Balaban J connectivity index is 2.10. The zero-order valence-electron chi connectivity index (χ0n) is 12.6. The molecule has 106 valence electrons. The molecule has 2 aromatic carbocycles. The minimum Gasteiger partial charge on any atom is -0.488 e. The molecule has 0 aromatic heterocycles. The highest BCUT2D eigenvalue weighted by molar-refractivity contribution is 5.43. The smallest absolute Gasteiger partial charge is 0.125 e. The van der Waals surface area contributed by atoms with Crippen molar-refractivity contribution in [2.75, 3.05) is 0 Å². The molecule has 0 saturated heterocycles. The fourth-order valence-corrected chi connectivity index (χ4v) is 2.41. The van der Waals surface area contributed by atoms with Crippen molar-refractivity contribution in [2.45, 2.75) is 40.3 Å². The molecular formula is C18H23NO. The van der Waals surface area contributed by atoms with Gasteiger partial charge in [-0.3, -0.25) is 0 Å². The molecule has 0 aliphatic rings. The van der Waals surface area contributed by atoms with Crippen LogP contribution in [0.15, 0.2) is 36.4 Å². The first-order chi connectivity index (χ1) is 9.63. The van der Waals surface area contributed by atoms with Crippen LogP contribution < -0.4 is 10.5 Å². The molecule has 2 aromatic rings. The molecule has 0 bridgehead atoms. The summed E-state index contributed by atoms with van der Waals surface area (Å²) in [5.41, 5.74) is 11.7. The van der Waals surface area contributed by atoms with Crippen molar-refractivity contribution >= 4 is 0 Å². The number of aryl methyl sites for hydroxylation is 3. The number of hydrogen-bond donors (Lipinski definition) is 1. The Morgan fingerprint density at radius 2 is 1.45 bits per heavy atom. The fraction of sp³-hybridized carbons (Fsp3) is 0.333. The molecule has 0 amide bonds. The van der Waals surface area contributed by atoms with E-state index in [-0.39, 0.29) is 0 Å². The highest BCUT2D eigenvalue weighted by Gasteiger charge is 2.06. The van der Waals surface area contributed by atoms with E-state index in [2.05, 4.69) is 57.2 Å². The maximum absolute atomic E-state index is 5.99. The van der Waals surface area contributed by atoms with Crippen LogP contribution in [-0.2, 0) is 19.6 Å². The number of rotatable bonds is 5. The van der Waals surface area contributed by atoms with Crippen LogP contribution in [-0.4, -0.2) is 0 Å². The van der Waals surface area contributed by atoms with E-state index >= 15 is 0 Å². The minimum absolute atomic E-state index is 0.570. The fourth-order valence-electron chi connectivity index (χ4n) is 2.41. The number of ether oxygens (including phenoxy) is 1. The average molecular weight is 269 g/mol. The van der Waals surface area contributed by atoms with Gasteiger partial charge in [0.25, 0.3) is 0 Å². The van der Waals surface area contributed by atoms with E-state index in [0.717, 1.165) is 28.9 Å². The van der Waals surface area contributed by atoms with Gasteiger partial charge in [-0.25, -0.2) is 0 Å². The second kappa shape index (κ2) is 6.58. The summed E-state index contributed by atoms with van der Waals surface area (Å²) in [5.74, 6) is 0.974. The zero-order valence-corrected chi connectivity index (χ0v) is 12.6. The molecule has 0 aliphatic carbocycles. The van der Waals surface area contributed by atoms with Crippen LogP contribution in [0.4, 0.5) is 0 Å². The summed E-state index contributed by atoms with van der Waals surface area (Å²) < 4.78 is 5.99. The highest BCUT2D eigenvalue weighted by atomic mass is 16.5. The summed E-state index contributed by atoms with van der Waals surface area (Å²) in [6.07, 6.45) is 1.07. The normalized spacial score (nSPS) is 10.6. The van der Waals surface area contributed by atoms with Gasteiger partial charge in [-0.1, -0.05) is 43.3 Å². The van der Waals surface area contributed by atoms with Crippen molar-refractivity contribution in [1.82, 2.24) is 0 Å². The predicted octanol–water partition coefficient (Wildman–Crippen LogP) is 3.90. The van der Waals surface area contributed by atoms with Gasteiger partial charge in [0.2, 0.25) is 0 Å². The Bertz CT molecular complexity index is 549. The molecule has 0 radical (unpaired) electrons. The van der Waals surface area contributed by atoms with Crippen LogP contribution in [0, 0.1) is 13.8 Å². The van der Waals surface area contributed by atoms with Crippen LogP contribution >= 0.6 is 0 Å². The van der Waals surface area contributed by atoms with E-state index in [1.54, 1.807) is 0 Å². The molecule has 0 atom stereocenters. The largest absolute Gasteiger partial charge is 0.488 e. The van der Waals surface area contributed by atoms with E-state index < -0.39 is 0 Å². The number of benzene rings is 2. The van der Waals surface area contributed by atoms with Gasteiger partial charge in [0.05, 0.1) is 0 Å². The molecule has 2 N–H and O–H groups in total. The third kappa shape index (κ3) is 3.40. The summed E-state index contributed by atoms with van der Waals surface area (Å²) in [6.45, 7) is 7.48. The lowest BCUT2D eigenvalue weighted by Gasteiger charge is -2.14. The average Bonchev–Trinajstić information content (AvgIpc) is 2.46. The van der Waals surface area contributed by atoms with Gasteiger partial charge in [-0.15, -0.1) is 0 Å². The van der Waals surface area contributed by atoms with Crippen LogP contribution in [0.3, 0.4) is 0 Å². The van der Waals surface area contributed by atoms with Gasteiger partial charge in [0.1, 0.15) is 12.4 Å². The van der Waals surface area contributed by atoms with Crippen molar-refractivity contribution in [1.29, 1.82) is 0 Å². The zero-order chi connectivity index (χ0) is 14.5. The first kappa shape index (κ1) is 14.6. The topological polar surface area (TPSA) is 35.2 Å². The van der Waals surface area contributed by atoms with E-state index in [9.17, 15) is 0 Å². The summed E-state index contributed by atoms with van der Waals surface area (Å²) in [5, 5.41) is 0. The molecular weight excluding hydrogens is 246 g/mol. The van der Waals surface area contributed by atoms with Crippen LogP contribution in [0.5, 0.6) is 5.75 Å². The van der Waals surface area contributed by atoms with Crippen molar-refractivity contribution < 1.29 is 4.74 Å². The second-order valence-corrected chi connectivity index (χ2v) is 5.22. The second-order valence-electron chi connectivity index (χ2n) is 5.22. The molecule has 0 unspecified atom stereocenters.